The lowest BCUT2D eigenvalue weighted by molar-refractivity contribution is -0.148. The molecule has 0 aliphatic carbocycles. The maximum absolute atomic E-state index is 13.9. The Morgan fingerprint density at radius 1 is 1.02 bits per heavy atom. The predicted octanol–water partition coefficient (Wildman–Crippen LogP) is 4.44. The number of likely N-dealkylation sites (N-methyl/N-ethyl adjacent to an activating group) is 1. The minimum absolute atomic E-state index is 0.0553. The van der Waals surface area contributed by atoms with Crippen molar-refractivity contribution >= 4 is 17.7 Å². The van der Waals surface area contributed by atoms with Gasteiger partial charge < -0.3 is 29.7 Å². The van der Waals surface area contributed by atoms with E-state index in [0.29, 0.717) is 6.54 Å². The number of amides is 3. The summed E-state index contributed by atoms with van der Waals surface area (Å²) >= 11 is 0. The van der Waals surface area contributed by atoms with Crippen molar-refractivity contribution in [2.45, 2.75) is 111 Å². The molecule has 0 saturated carbocycles. The molecule has 244 valence electrons. The molecule has 1 aliphatic rings. The molecule has 2 rings (SSSR count). The van der Waals surface area contributed by atoms with Crippen molar-refractivity contribution in [3.63, 3.8) is 0 Å². The zero-order chi connectivity index (χ0) is 32.4. The summed E-state index contributed by atoms with van der Waals surface area (Å²) in [6.45, 7) is 14.4. The number of methoxy groups -OCH3 is 2. The highest BCUT2D eigenvalue weighted by Crippen LogP contribution is 2.30. The van der Waals surface area contributed by atoms with Crippen LogP contribution in [0, 0.1) is 23.7 Å². The second-order valence-electron chi connectivity index (χ2n) is 12.8. The summed E-state index contributed by atoms with van der Waals surface area (Å²) < 4.78 is 11.8. The number of carbonyl (C=O) groups excluding carboxylic acids is 3. The molecule has 9 atom stereocenters. The van der Waals surface area contributed by atoms with Gasteiger partial charge >= 0.3 is 0 Å². The van der Waals surface area contributed by atoms with Gasteiger partial charge in [-0.3, -0.25) is 14.4 Å². The van der Waals surface area contributed by atoms with Gasteiger partial charge in [0.25, 0.3) is 0 Å². The number of nitrogens with zero attached hydrogens (tertiary/aromatic N) is 2. The third kappa shape index (κ3) is 9.25. The number of likely N-dealkylation sites (tertiary alicyclic amines) is 1. The average Bonchev–Trinajstić information content (AvgIpc) is 3.49. The lowest BCUT2D eigenvalue weighted by Gasteiger charge is -2.40. The molecule has 0 bridgehead atoms. The molecule has 1 saturated heterocycles. The predicted molar refractivity (Wildman–Crippen MR) is 169 cm³/mol. The summed E-state index contributed by atoms with van der Waals surface area (Å²) in [6, 6.07) is 8.20. The van der Waals surface area contributed by atoms with E-state index in [9.17, 15) is 19.5 Å². The molecule has 1 fully saturated rings. The van der Waals surface area contributed by atoms with Crippen LogP contribution in [0.4, 0.5) is 0 Å². The Hall–Kier alpha value is -2.49. The van der Waals surface area contributed by atoms with Crippen LogP contribution in [0.5, 0.6) is 0 Å². The van der Waals surface area contributed by atoms with E-state index in [-0.39, 0.29) is 54.0 Å². The Morgan fingerprint density at radius 2 is 1.65 bits per heavy atom. The Labute approximate surface area is 259 Å². The van der Waals surface area contributed by atoms with Gasteiger partial charge in [0.05, 0.1) is 48.8 Å². The number of aliphatic hydroxyl groups is 1. The van der Waals surface area contributed by atoms with Gasteiger partial charge in [-0.15, -0.1) is 0 Å². The number of ether oxygens (including phenoxy) is 2. The van der Waals surface area contributed by atoms with Gasteiger partial charge in [-0.25, -0.2) is 0 Å². The fourth-order valence-electron chi connectivity index (χ4n) is 6.29. The van der Waals surface area contributed by atoms with Gasteiger partial charge in [-0.1, -0.05) is 78.3 Å². The van der Waals surface area contributed by atoms with Gasteiger partial charge in [0, 0.05) is 33.7 Å². The van der Waals surface area contributed by atoms with Crippen LogP contribution in [-0.4, -0.2) is 90.8 Å². The van der Waals surface area contributed by atoms with E-state index in [1.54, 1.807) is 33.0 Å². The van der Waals surface area contributed by atoms with Crippen molar-refractivity contribution in [1.82, 2.24) is 15.1 Å². The molecule has 0 radical (unpaired) electrons. The summed E-state index contributed by atoms with van der Waals surface area (Å²) in [5.41, 5.74) is 0.730. The first-order chi connectivity index (χ1) is 20.3. The zero-order valence-electron chi connectivity index (χ0n) is 28.1. The molecule has 43 heavy (non-hydrogen) atoms. The Bertz CT molecular complexity index is 1020. The van der Waals surface area contributed by atoms with Crippen molar-refractivity contribution in [3.05, 3.63) is 35.9 Å². The van der Waals surface area contributed by atoms with Crippen LogP contribution in [0.1, 0.15) is 85.8 Å². The van der Waals surface area contributed by atoms with Gasteiger partial charge in [0.15, 0.2) is 0 Å². The molecule has 1 aliphatic heterocycles. The number of rotatable bonds is 16. The average molecular weight is 604 g/mol. The first-order valence-electron chi connectivity index (χ1n) is 16.0. The molecule has 2 N–H and O–H groups in total. The molecular weight excluding hydrogens is 546 g/mol. The normalized spacial score (nSPS) is 20.9. The van der Waals surface area contributed by atoms with Crippen LogP contribution in [0.15, 0.2) is 30.3 Å². The monoisotopic (exact) mass is 603 g/mol. The molecule has 1 aromatic rings. The summed E-state index contributed by atoms with van der Waals surface area (Å²) in [5.74, 6) is -0.609. The van der Waals surface area contributed by atoms with E-state index in [2.05, 4.69) is 19.2 Å². The van der Waals surface area contributed by atoms with Crippen LogP contribution >= 0.6 is 0 Å². The maximum Gasteiger partial charge on any atom is 0.225 e. The van der Waals surface area contributed by atoms with Gasteiger partial charge in [-0.2, -0.15) is 0 Å². The van der Waals surface area contributed by atoms with Crippen LogP contribution in [-0.2, 0) is 23.9 Å². The van der Waals surface area contributed by atoms with Crippen LogP contribution in [0.2, 0.25) is 0 Å². The van der Waals surface area contributed by atoms with Crippen molar-refractivity contribution < 1.29 is 29.0 Å². The summed E-state index contributed by atoms with van der Waals surface area (Å²) in [7, 11) is 5.00. The molecule has 0 unspecified atom stereocenters. The summed E-state index contributed by atoms with van der Waals surface area (Å²) in [4.78, 5) is 44.1. The van der Waals surface area contributed by atoms with Gasteiger partial charge in [0.2, 0.25) is 17.7 Å². The van der Waals surface area contributed by atoms with Gasteiger partial charge in [0.1, 0.15) is 0 Å². The second-order valence-corrected chi connectivity index (χ2v) is 12.8. The molecule has 9 nitrogen and oxygen atoms in total. The van der Waals surface area contributed by atoms with Gasteiger partial charge in [-0.05, 0) is 37.2 Å². The fourth-order valence-corrected chi connectivity index (χ4v) is 6.29. The molecule has 0 aromatic heterocycles. The first kappa shape index (κ1) is 36.7. The molecule has 9 heteroatoms. The molecule has 0 spiro atoms. The standard InChI is InChI=1S/C34H57N3O6/c1-11-22(4)30(36(8)34(41)23(5)21(2)3)28(42-9)20-29(38)37-19-15-18-27(37)32(43-10)24(6)33(40)35-25(7)31(39)26-16-13-12-14-17-26/h12-14,16-17,21-25,27-28,30-32,39H,11,15,18-20H2,1-10H3,(H,35,40)/t22-,23-,24+,25+,27-,28+,30-,31+,32+/m0/s1. The first-order valence-corrected chi connectivity index (χ1v) is 16.0. The van der Waals surface area contributed by atoms with Crippen molar-refractivity contribution in [1.29, 1.82) is 0 Å². The Kier molecular flexibility index (Phi) is 14.6. The number of carbonyl (C=O) groups is 3. The van der Waals surface area contributed by atoms with Crippen molar-refractivity contribution in [2.24, 2.45) is 23.7 Å². The maximum atomic E-state index is 13.9. The topological polar surface area (TPSA) is 108 Å². The van der Waals surface area contributed by atoms with E-state index in [4.69, 9.17) is 9.47 Å². The number of hydrogen-bond acceptors (Lipinski definition) is 6. The number of aliphatic hydroxyl groups excluding tert-OH is 1. The summed E-state index contributed by atoms with van der Waals surface area (Å²) in [6.07, 6.45) is 0.669. The Balaban J connectivity index is 2.17. The second kappa shape index (κ2) is 17.1. The highest BCUT2D eigenvalue weighted by molar-refractivity contribution is 5.81. The van der Waals surface area contributed by atoms with E-state index in [1.165, 1.54) is 0 Å². The third-order valence-electron chi connectivity index (χ3n) is 9.63. The quantitative estimate of drug-likeness (QED) is 0.289. The minimum atomic E-state index is -0.846. The molecule has 1 heterocycles. The fraction of sp³-hybridized carbons (Fsp3) is 0.735. The Morgan fingerprint density at radius 3 is 2.19 bits per heavy atom. The van der Waals surface area contributed by atoms with E-state index < -0.39 is 30.3 Å². The van der Waals surface area contributed by atoms with E-state index in [0.717, 1.165) is 24.8 Å². The zero-order valence-corrected chi connectivity index (χ0v) is 28.1. The highest BCUT2D eigenvalue weighted by atomic mass is 16.5. The minimum Gasteiger partial charge on any atom is -0.386 e. The van der Waals surface area contributed by atoms with E-state index >= 15 is 0 Å². The molecule has 3 amide bonds. The molecule has 1 aromatic carbocycles. The number of benzene rings is 1. The lowest BCUT2D eigenvalue weighted by atomic mass is 9.88. The van der Waals surface area contributed by atoms with Crippen molar-refractivity contribution in [3.8, 4) is 0 Å². The third-order valence-corrected chi connectivity index (χ3v) is 9.63. The number of hydrogen-bond donors (Lipinski definition) is 2. The van der Waals surface area contributed by atoms with Crippen molar-refractivity contribution in [2.75, 3.05) is 27.8 Å². The van der Waals surface area contributed by atoms with E-state index in [1.807, 2.05) is 63.1 Å². The summed E-state index contributed by atoms with van der Waals surface area (Å²) in [5, 5.41) is 13.7. The molecular formula is C34H57N3O6. The smallest absolute Gasteiger partial charge is 0.225 e. The lowest BCUT2D eigenvalue weighted by Crippen LogP contribution is -2.54. The van der Waals surface area contributed by atoms with Crippen LogP contribution in [0.25, 0.3) is 0 Å². The highest BCUT2D eigenvalue weighted by Gasteiger charge is 2.42. The van der Waals surface area contributed by atoms with Crippen LogP contribution in [0.3, 0.4) is 0 Å². The number of nitrogens with one attached hydrogen (secondary N) is 1. The largest absolute Gasteiger partial charge is 0.386 e. The van der Waals surface area contributed by atoms with Crippen LogP contribution < -0.4 is 5.32 Å². The SMILES string of the molecule is CC[C@H](C)[C@@H]([C@@H](CC(=O)N1CCC[C@H]1[C@H](OC)[C@@H](C)C(=O)N[C@H](C)[C@@H](O)c1ccccc1)OC)N(C)C(=O)[C@@H](C)C(C)C.